The Morgan fingerprint density at radius 1 is 0.396 bits per heavy atom. The van der Waals surface area contributed by atoms with Crippen LogP contribution in [0.15, 0.2) is 168 Å². The highest BCUT2D eigenvalue weighted by Gasteiger charge is 2.53. The zero-order valence-corrected chi connectivity index (χ0v) is 30.1. The maximum Gasteiger partial charge on any atom is 0.207 e. The number of hydrogen-bond donors (Lipinski definition) is 0. The number of hydrogen-bond acceptors (Lipinski definition) is 2. The lowest BCUT2D eigenvalue weighted by Gasteiger charge is -2.35. The third-order valence-corrected chi connectivity index (χ3v) is 14.7. The number of fused-ring (bicyclic) bond motifs is 15. The van der Waals surface area contributed by atoms with Gasteiger partial charge in [0, 0.05) is 5.41 Å². The summed E-state index contributed by atoms with van der Waals surface area (Å²) >= 11 is 0. The molecule has 1 aliphatic heterocycles. The van der Waals surface area contributed by atoms with Crippen LogP contribution in [0.4, 0.5) is 0 Å². The molecule has 0 bridgehead atoms. The Kier molecular flexibility index (Phi) is 5.40. The molecule has 3 aliphatic carbocycles. The molecule has 0 aromatic heterocycles. The first kappa shape index (κ1) is 29.5. The first-order chi connectivity index (χ1) is 25.8. The zero-order valence-electron chi connectivity index (χ0n) is 29.2. The van der Waals surface area contributed by atoms with Gasteiger partial charge < -0.3 is 0 Å². The molecule has 8 aromatic rings. The smallest absolute Gasteiger partial charge is 0.207 e. The number of sulfone groups is 1. The number of rotatable bonds is 1. The lowest BCUT2D eigenvalue weighted by molar-refractivity contribution is 0.556. The highest BCUT2D eigenvalue weighted by molar-refractivity contribution is 7.91. The second kappa shape index (κ2) is 9.69. The third kappa shape index (κ3) is 3.35. The van der Waals surface area contributed by atoms with Gasteiger partial charge in [-0.15, -0.1) is 0 Å². The summed E-state index contributed by atoms with van der Waals surface area (Å²) in [7, 11) is -3.79. The molecule has 12 rings (SSSR count). The highest BCUT2D eigenvalue weighted by atomic mass is 32.2. The van der Waals surface area contributed by atoms with Crippen molar-refractivity contribution >= 4 is 20.6 Å². The van der Waals surface area contributed by atoms with Gasteiger partial charge >= 0.3 is 0 Å². The fourth-order valence-corrected chi connectivity index (χ4v) is 12.7. The van der Waals surface area contributed by atoms with Crippen molar-refractivity contribution in [3.8, 4) is 55.6 Å². The molecule has 8 aromatic carbocycles. The van der Waals surface area contributed by atoms with Gasteiger partial charge in [0.1, 0.15) is 0 Å². The predicted octanol–water partition coefficient (Wildman–Crippen LogP) is 12.0. The molecule has 3 heteroatoms. The summed E-state index contributed by atoms with van der Waals surface area (Å²) in [6, 6.07) is 56.2. The van der Waals surface area contributed by atoms with Gasteiger partial charge in [0.05, 0.1) is 15.2 Å². The van der Waals surface area contributed by atoms with E-state index in [1.54, 1.807) is 6.07 Å². The van der Waals surface area contributed by atoms with Crippen LogP contribution in [-0.2, 0) is 20.7 Å². The van der Waals surface area contributed by atoms with Crippen LogP contribution in [0.25, 0.3) is 66.4 Å². The highest BCUT2D eigenvalue weighted by Crippen LogP contribution is 2.67. The molecular formula is C50H32O2S. The molecule has 53 heavy (non-hydrogen) atoms. The van der Waals surface area contributed by atoms with Crippen molar-refractivity contribution in [2.45, 2.75) is 34.5 Å². The van der Waals surface area contributed by atoms with Crippen molar-refractivity contribution in [1.29, 1.82) is 0 Å². The van der Waals surface area contributed by atoms with Gasteiger partial charge in [-0.3, -0.25) is 0 Å². The van der Waals surface area contributed by atoms with E-state index < -0.39 is 20.7 Å². The molecule has 250 valence electrons. The standard InChI is InChI=1S/C50H32O2S/c1-49(2)40-23-9-10-24-43(40)53(51,52)44-27-30(25-26-41(44)49)46-47-35-19-12-14-29-13-11-18-33(45(29)35)36(47)28-42-48(46)34-17-5-8-22-39(34)50(42)37-20-6-3-15-31(37)32-16-4-7-21-38(32)50/h3-28H,1-2H3. The van der Waals surface area contributed by atoms with Crippen molar-refractivity contribution in [3.63, 3.8) is 0 Å². The number of benzene rings is 8. The van der Waals surface area contributed by atoms with Gasteiger partial charge in [-0.25, -0.2) is 8.42 Å². The van der Waals surface area contributed by atoms with Gasteiger partial charge in [-0.2, -0.15) is 0 Å². The minimum Gasteiger partial charge on any atom is -0.218 e. The summed E-state index contributed by atoms with van der Waals surface area (Å²) in [5.41, 5.74) is 17.5. The Morgan fingerprint density at radius 2 is 0.943 bits per heavy atom. The third-order valence-electron chi connectivity index (χ3n) is 12.8. The normalized spacial score (nSPS) is 16.3. The minimum atomic E-state index is -3.79. The van der Waals surface area contributed by atoms with Crippen LogP contribution in [0.2, 0.25) is 0 Å². The van der Waals surface area contributed by atoms with Gasteiger partial charge in [0.2, 0.25) is 9.84 Å². The second-order valence-electron chi connectivity index (χ2n) is 15.5. The molecule has 2 nitrogen and oxygen atoms in total. The molecule has 0 unspecified atom stereocenters. The fourth-order valence-electron chi connectivity index (χ4n) is 10.7. The molecular weight excluding hydrogens is 665 g/mol. The maximum atomic E-state index is 14.6. The molecule has 0 fully saturated rings. The minimum absolute atomic E-state index is 0.399. The first-order valence-electron chi connectivity index (χ1n) is 18.4. The van der Waals surface area contributed by atoms with Gasteiger partial charge in [0.15, 0.2) is 0 Å². The van der Waals surface area contributed by atoms with Crippen LogP contribution >= 0.6 is 0 Å². The SMILES string of the molecule is CC1(C)c2ccccc2S(=O)(=O)c2cc(-c3c4c(cc5c3-c3ccccc3C53c5ccccc5-c5ccccc53)-c3cccc5cccc-4c35)ccc21. The average Bonchev–Trinajstić information content (AvgIpc) is 3.79. The molecule has 0 amide bonds. The molecule has 0 N–H and O–H groups in total. The Morgan fingerprint density at radius 3 is 1.64 bits per heavy atom. The summed E-state index contributed by atoms with van der Waals surface area (Å²) in [5.74, 6) is 0. The van der Waals surface area contributed by atoms with Crippen LogP contribution in [0.5, 0.6) is 0 Å². The van der Waals surface area contributed by atoms with Crippen LogP contribution in [0.1, 0.15) is 47.2 Å². The van der Waals surface area contributed by atoms with Crippen molar-refractivity contribution in [1.82, 2.24) is 0 Å². The summed E-state index contributed by atoms with van der Waals surface area (Å²) in [4.78, 5) is 0.801. The lowest BCUT2D eigenvalue weighted by Crippen LogP contribution is -2.29. The Labute approximate surface area is 309 Å². The summed E-state index contributed by atoms with van der Waals surface area (Å²) in [6.07, 6.45) is 0. The van der Waals surface area contributed by atoms with Crippen LogP contribution in [-0.4, -0.2) is 8.42 Å². The monoisotopic (exact) mass is 696 g/mol. The summed E-state index contributed by atoms with van der Waals surface area (Å²) in [5, 5.41) is 2.46. The van der Waals surface area contributed by atoms with E-state index in [2.05, 4.69) is 141 Å². The van der Waals surface area contributed by atoms with E-state index in [0.717, 1.165) is 22.3 Å². The van der Waals surface area contributed by atoms with Crippen LogP contribution in [0.3, 0.4) is 0 Å². The van der Waals surface area contributed by atoms with Gasteiger partial charge in [0.25, 0.3) is 0 Å². The van der Waals surface area contributed by atoms with Gasteiger partial charge in [-0.05, 0) is 118 Å². The Bertz CT molecular complexity index is 3060. The van der Waals surface area contributed by atoms with Crippen molar-refractivity contribution < 1.29 is 8.42 Å². The van der Waals surface area contributed by atoms with Crippen molar-refractivity contribution in [2.75, 3.05) is 0 Å². The zero-order chi connectivity index (χ0) is 35.4. The fraction of sp³-hybridized carbons (Fsp3) is 0.0800. The van der Waals surface area contributed by atoms with E-state index >= 15 is 0 Å². The molecule has 0 radical (unpaired) electrons. The van der Waals surface area contributed by atoms with Gasteiger partial charge in [-0.1, -0.05) is 153 Å². The van der Waals surface area contributed by atoms with E-state index in [1.165, 1.54) is 77.5 Å². The molecule has 1 spiro atoms. The van der Waals surface area contributed by atoms with E-state index in [1.807, 2.05) is 24.3 Å². The Balaban J connectivity index is 1.27. The summed E-state index contributed by atoms with van der Waals surface area (Å²) in [6.45, 7) is 4.28. The molecule has 0 saturated heterocycles. The molecule has 0 saturated carbocycles. The first-order valence-corrected chi connectivity index (χ1v) is 19.8. The average molecular weight is 697 g/mol. The van der Waals surface area contributed by atoms with E-state index in [-0.39, 0.29) is 0 Å². The second-order valence-corrected chi connectivity index (χ2v) is 17.4. The largest absolute Gasteiger partial charge is 0.218 e. The molecule has 1 heterocycles. The summed E-state index contributed by atoms with van der Waals surface area (Å²) < 4.78 is 29.3. The van der Waals surface area contributed by atoms with Crippen molar-refractivity contribution in [3.05, 3.63) is 191 Å². The predicted molar refractivity (Wildman–Crippen MR) is 214 cm³/mol. The van der Waals surface area contributed by atoms with E-state index in [0.29, 0.717) is 9.79 Å². The maximum absolute atomic E-state index is 14.6. The van der Waals surface area contributed by atoms with E-state index in [4.69, 9.17) is 0 Å². The van der Waals surface area contributed by atoms with Crippen LogP contribution in [0, 0.1) is 0 Å². The molecule has 4 aliphatic rings. The van der Waals surface area contributed by atoms with Crippen molar-refractivity contribution in [2.24, 2.45) is 0 Å². The van der Waals surface area contributed by atoms with E-state index in [9.17, 15) is 8.42 Å². The van der Waals surface area contributed by atoms with Crippen LogP contribution < -0.4 is 0 Å². The Hall–Kier alpha value is -6.03. The topological polar surface area (TPSA) is 34.1 Å². The quantitative estimate of drug-likeness (QED) is 0.171. The lowest BCUT2D eigenvalue weighted by atomic mass is 9.69. The molecule has 0 atom stereocenters.